The Hall–Kier alpha value is -3.65. The largest absolute Gasteiger partial charge is 0.493 e. The van der Waals surface area contributed by atoms with E-state index in [-0.39, 0.29) is 5.56 Å². The normalized spacial score (nSPS) is 11.0. The zero-order chi connectivity index (χ0) is 21.1. The molecule has 9 heteroatoms. The van der Waals surface area contributed by atoms with Crippen LogP contribution in [0.15, 0.2) is 57.0 Å². The summed E-state index contributed by atoms with van der Waals surface area (Å²) in [6, 6.07) is 10.7. The molecule has 3 aromatic rings. The Kier molecular flexibility index (Phi) is 5.65. The first kappa shape index (κ1) is 20.1. The lowest BCUT2D eigenvalue weighted by atomic mass is 10.1. The van der Waals surface area contributed by atoms with E-state index >= 15 is 0 Å². The molecule has 0 aliphatic rings. The van der Waals surface area contributed by atoms with Crippen LogP contribution in [-0.4, -0.2) is 26.9 Å². The fourth-order valence-electron chi connectivity index (χ4n) is 2.57. The van der Waals surface area contributed by atoms with E-state index in [9.17, 15) is 19.5 Å². The molecule has 1 heterocycles. The number of carbonyl (C=O) groups excluding carboxylic acids is 1. The Labute approximate surface area is 170 Å². The van der Waals surface area contributed by atoms with Gasteiger partial charge in [0.2, 0.25) is 5.88 Å². The van der Waals surface area contributed by atoms with Crippen molar-refractivity contribution < 1.29 is 9.90 Å². The van der Waals surface area contributed by atoms with E-state index < -0.39 is 23.2 Å². The molecule has 148 valence electrons. The molecule has 1 aromatic heterocycles. The van der Waals surface area contributed by atoms with Crippen molar-refractivity contribution in [2.75, 3.05) is 5.32 Å². The third-order valence-corrected chi connectivity index (χ3v) is 4.53. The Morgan fingerprint density at radius 1 is 1.14 bits per heavy atom. The third-order valence-electron chi connectivity index (χ3n) is 4.28. The average molecular weight is 413 g/mol. The number of benzene rings is 2. The van der Waals surface area contributed by atoms with Gasteiger partial charge in [-0.15, -0.1) is 0 Å². The monoisotopic (exact) mass is 412 g/mol. The number of rotatable bonds is 3. The van der Waals surface area contributed by atoms with Crippen LogP contribution < -0.4 is 16.6 Å². The third kappa shape index (κ3) is 4.44. The first-order chi connectivity index (χ1) is 13.8. The second-order valence-corrected chi connectivity index (χ2v) is 6.73. The van der Waals surface area contributed by atoms with Crippen molar-refractivity contribution in [1.29, 1.82) is 0 Å². The van der Waals surface area contributed by atoms with Gasteiger partial charge in [0.1, 0.15) is 5.56 Å². The number of urea groups is 1. The first-order valence-electron chi connectivity index (χ1n) is 8.53. The lowest BCUT2D eigenvalue weighted by Gasteiger charge is -2.11. The molecule has 0 saturated carbocycles. The van der Waals surface area contributed by atoms with Crippen molar-refractivity contribution >= 4 is 29.5 Å². The highest BCUT2D eigenvalue weighted by atomic mass is 35.5. The molecule has 3 N–H and O–H groups in total. The quantitative estimate of drug-likeness (QED) is 0.573. The van der Waals surface area contributed by atoms with Gasteiger partial charge in [-0.1, -0.05) is 17.7 Å². The van der Waals surface area contributed by atoms with Crippen LogP contribution in [0, 0.1) is 13.8 Å². The van der Waals surface area contributed by atoms with Gasteiger partial charge in [0.25, 0.3) is 5.56 Å². The number of anilines is 1. The maximum Gasteiger partial charge on any atom is 0.345 e. The summed E-state index contributed by atoms with van der Waals surface area (Å²) in [5.74, 6) is -0.620. The molecular formula is C20H17ClN4O4. The number of nitrogens with zero attached hydrogens (tertiary/aromatic N) is 2. The van der Waals surface area contributed by atoms with Crippen LogP contribution in [0.1, 0.15) is 16.7 Å². The lowest BCUT2D eigenvalue weighted by molar-refractivity contribution is 0.259. The SMILES string of the molecule is Cc1ccc(-n2c(O)c(C=NC(=O)Nc3ccc(Cl)cc3)c(=O)[nH]c2=O)cc1C. The van der Waals surface area contributed by atoms with Gasteiger partial charge < -0.3 is 10.4 Å². The van der Waals surface area contributed by atoms with Crippen LogP contribution in [0.25, 0.3) is 5.69 Å². The number of hydrogen-bond donors (Lipinski definition) is 3. The summed E-state index contributed by atoms with van der Waals surface area (Å²) in [5.41, 5.74) is 0.731. The van der Waals surface area contributed by atoms with Crippen molar-refractivity contribution in [3.8, 4) is 11.6 Å². The number of aromatic amines is 1. The maximum absolute atomic E-state index is 12.2. The van der Waals surface area contributed by atoms with Gasteiger partial charge >= 0.3 is 11.7 Å². The number of hydrogen-bond acceptors (Lipinski definition) is 4. The van der Waals surface area contributed by atoms with Crippen molar-refractivity contribution in [3.63, 3.8) is 0 Å². The molecule has 3 rings (SSSR count). The molecule has 0 spiro atoms. The number of nitrogens with one attached hydrogen (secondary N) is 2. The molecule has 0 unspecified atom stereocenters. The second kappa shape index (κ2) is 8.15. The minimum absolute atomic E-state index is 0.325. The molecule has 0 saturated heterocycles. The fraction of sp³-hybridized carbons (Fsp3) is 0.100. The second-order valence-electron chi connectivity index (χ2n) is 6.30. The minimum atomic E-state index is -0.865. The predicted molar refractivity (Wildman–Crippen MR) is 112 cm³/mol. The van der Waals surface area contributed by atoms with E-state index in [1.807, 2.05) is 13.8 Å². The summed E-state index contributed by atoms with van der Waals surface area (Å²) in [5, 5.41) is 13.5. The van der Waals surface area contributed by atoms with E-state index in [2.05, 4.69) is 15.3 Å². The summed E-state index contributed by atoms with van der Waals surface area (Å²) >= 11 is 5.78. The van der Waals surface area contributed by atoms with Gasteiger partial charge in [0.15, 0.2) is 0 Å². The van der Waals surface area contributed by atoms with E-state index in [0.29, 0.717) is 16.4 Å². The van der Waals surface area contributed by atoms with E-state index in [4.69, 9.17) is 11.6 Å². The summed E-state index contributed by atoms with van der Waals surface area (Å²) in [6.45, 7) is 3.77. The van der Waals surface area contributed by atoms with Crippen LogP contribution in [0.2, 0.25) is 5.02 Å². The highest BCUT2D eigenvalue weighted by Gasteiger charge is 2.15. The van der Waals surface area contributed by atoms with Gasteiger partial charge in [0.05, 0.1) is 11.9 Å². The highest BCUT2D eigenvalue weighted by Crippen LogP contribution is 2.18. The number of halogens is 1. The zero-order valence-electron chi connectivity index (χ0n) is 15.6. The van der Waals surface area contributed by atoms with E-state index in [1.54, 1.807) is 42.5 Å². The average Bonchev–Trinajstić information content (AvgIpc) is 2.66. The van der Waals surface area contributed by atoms with Crippen LogP contribution in [0.3, 0.4) is 0 Å². The van der Waals surface area contributed by atoms with Gasteiger partial charge in [-0.2, -0.15) is 0 Å². The number of carbonyl (C=O) groups is 1. The van der Waals surface area contributed by atoms with E-state index in [0.717, 1.165) is 21.9 Å². The van der Waals surface area contributed by atoms with Crippen LogP contribution in [0.5, 0.6) is 5.88 Å². The van der Waals surface area contributed by atoms with Crippen LogP contribution in [-0.2, 0) is 0 Å². The Bertz CT molecular complexity index is 1230. The number of aliphatic imine (C=N–C) groups is 1. The van der Waals surface area contributed by atoms with Crippen molar-refractivity contribution in [1.82, 2.24) is 9.55 Å². The number of H-pyrrole nitrogens is 1. The summed E-state index contributed by atoms with van der Waals surface area (Å²) in [6.07, 6.45) is 0.899. The molecule has 2 amide bonds. The van der Waals surface area contributed by atoms with Gasteiger partial charge in [0, 0.05) is 10.7 Å². The molecule has 29 heavy (non-hydrogen) atoms. The summed E-state index contributed by atoms with van der Waals surface area (Å²) in [7, 11) is 0. The first-order valence-corrected chi connectivity index (χ1v) is 8.90. The molecule has 0 radical (unpaired) electrons. The Balaban J connectivity index is 1.95. The smallest absolute Gasteiger partial charge is 0.345 e. The Morgan fingerprint density at radius 3 is 2.48 bits per heavy atom. The molecule has 0 bridgehead atoms. The summed E-state index contributed by atoms with van der Waals surface area (Å²) in [4.78, 5) is 42.1. The lowest BCUT2D eigenvalue weighted by Crippen LogP contribution is -2.31. The number of aryl methyl sites for hydroxylation is 2. The number of aromatic nitrogens is 2. The van der Waals surface area contributed by atoms with E-state index in [1.165, 1.54) is 0 Å². The molecular weight excluding hydrogens is 396 g/mol. The molecule has 0 atom stereocenters. The Morgan fingerprint density at radius 2 is 1.83 bits per heavy atom. The van der Waals surface area contributed by atoms with Crippen LogP contribution in [0.4, 0.5) is 10.5 Å². The molecule has 0 fully saturated rings. The van der Waals surface area contributed by atoms with Crippen molar-refractivity contribution in [2.45, 2.75) is 13.8 Å². The topological polar surface area (TPSA) is 117 Å². The maximum atomic E-state index is 12.2. The molecule has 8 nitrogen and oxygen atoms in total. The predicted octanol–water partition coefficient (Wildman–Crippen LogP) is 3.15. The standard InChI is InChI=1S/C20H17ClN4O4/c1-11-3-8-15(9-12(11)2)25-18(27)16(17(26)24-20(25)29)10-22-19(28)23-14-6-4-13(21)5-7-14/h3-10,27H,1-2H3,(H,23,28)(H,24,26,29). The number of amides is 2. The van der Waals surface area contributed by atoms with Gasteiger partial charge in [-0.05, 0) is 61.4 Å². The summed E-state index contributed by atoms with van der Waals surface area (Å²) < 4.78 is 0.937. The molecule has 0 aliphatic heterocycles. The zero-order valence-corrected chi connectivity index (χ0v) is 16.3. The van der Waals surface area contributed by atoms with Crippen LogP contribution >= 0.6 is 11.6 Å². The molecule has 0 aliphatic carbocycles. The molecule has 2 aromatic carbocycles. The minimum Gasteiger partial charge on any atom is -0.493 e. The van der Waals surface area contributed by atoms with Crippen molar-refractivity contribution in [2.24, 2.45) is 4.99 Å². The van der Waals surface area contributed by atoms with Gasteiger partial charge in [-0.25, -0.2) is 19.1 Å². The number of aromatic hydroxyl groups is 1. The fourth-order valence-corrected chi connectivity index (χ4v) is 2.70. The highest BCUT2D eigenvalue weighted by molar-refractivity contribution is 6.30. The van der Waals surface area contributed by atoms with Crippen molar-refractivity contribution in [3.05, 3.63) is 85.0 Å². The van der Waals surface area contributed by atoms with Gasteiger partial charge in [-0.3, -0.25) is 9.78 Å².